The molecule has 0 aliphatic carbocycles. The summed E-state index contributed by atoms with van der Waals surface area (Å²) in [4.78, 5) is 46.5. The standard InChI is InChI=1S/C23H21F3N4O4.C4H9N/c1-34-22(33)15-10-13(27-21(32)14-6-2-3-7-16(14)23(24,25)26)11-17-20(15)29-18(28-17)12-19(31)30-8-4-5-9-30;1-2-4-5-3-1/h2-3,6-7,10-11H,4-5,8-9,12H2,1H3,(H,27,32)(H,28,29);5H,1-4H2. The van der Waals surface area contributed by atoms with Crippen LogP contribution in [0.5, 0.6) is 0 Å². The molecular formula is C27H30F3N5O4. The number of ether oxygens (including phenoxy) is 1. The van der Waals surface area contributed by atoms with Crippen LogP contribution in [0.1, 0.15) is 57.8 Å². The number of hydrogen-bond donors (Lipinski definition) is 3. The molecule has 3 aromatic rings. The Morgan fingerprint density at radius 2 is 1.72 bits per heavy atom. The van der Waals surface area contributed by atoms with Crippen molar-refractivity contribution < 1.29 is 32.3 Å². The number of carbonyl (C=O) groups excluding carboxylic acids is 3. The molecule has 0 unspecified atom stereocenters. The van der Waals surface area contributed by atoms with Crippen LogP contribution in [-0.2, 0) is 22.1 Å². The fraction of sp³-hybridized carbons (Fsp3) is 0.407. The second kappa shape index (κ2) is 12.3. The fourth-order valence-electron chi connectivity index (χ4n) is 4.56. The van der Waals surface area contributed by atoms with Crippen molar-refractivity contribution in [3.63, 3.8) is 0 Å². The van der Waals surface area contributed by atoms with E-state index < -0.39 is 29.2 Å². The van der Waals surface area contributed by atoms with E-state index in [1.807, 2.05) is 0 Å². The number of benzene rings is 2. The molecule has 1 aromatic heterocycles. The molecule has 0 saturated carbocycles. The van der Waals surface area contributed by atoms with Gasteiger partial charge in [0, 0.05) is 18.8 Å². The summed E-state index contributed by atoms with van der Waals surface area (Å²) in [5.74, 6) is -1.52. The van der Waals surface area contributed by atoms with Crippen LogP contribution in [0.2, 0.25) is 0 Å². The van der Waals surface area contributed by atoms with Crippen LogP contribution >= 0.6 is 0 Å². The molecule has 3 heterocycles. The monoisotopic (exact) mass is 545 g/mol. The van der Waals surface area contributed by atoms with Crippen molar-refractivity contribution in [2.75, 3.05) is 38.6 Å². The molecule has 5 rings (SSSR count). The predicted octanol–water partition coefficient (Wildman–Crippen LogP) is 4.16. The van der Waals surface area contributed by atoms with E-state index in [-0.39, 0.29) is 29.1 Å². The lowest BCUT2D eigenvalue weighted by Gasteiger charge is -2.13. The van der Waals surface area contributed by atoms with Gasteiger partial charge in [0.25, 0.3) is 5.91 Å². The summed E-state index contributed by atoms with van der Waals surface area (Å²) in [6, 6.07) is 7.11. The van der Waals surface area contributed by atoms with Gasteiger partial charge in [0.1, 0.15) is 11.3 Å². The van der Waals surface area contributed by atoms with Gasteiger partial charge in [-0.1, -0.05) is 12.1 Å². The highest BCUT2D eigenvalue weighted by Gasteiger charge is 2.35. The Bertz CT molecular complexity index is 1340. The third-order valence-corrected chi connectivity index (χ3v) is 6.51. The number of carbonyl (C=O) groups is 3. The van der Waals surface area contributed by atoms with E-state index in [9.17, 15) is 27.6 Å². The number of nitrogens with one attached hydrogen (secondary N) is 3. The number of aromatic amines is 1. The van der Waals surface area contributed by atoms with Crippen molar-refractivity contribution >= 4 is 34.5 Å². The molecular weight excluding hydrogens is 515 g/mol. The number of fused-ring (bicyclic) bond motifs is 1. The molecule has 208 valence electrons. The van der Waals surface area contributed by atoms with Crippen molar-refractivity contribution in [3.05, 3.63) is 58.9 Å². The molecule has 2 aliphatic rings. The van der Waals surface area contributed by atoms with Gasteiger partial charge in [-0.15, -0.1) is 0 Å². The molecule has 2 amide bonds. The van der Waals surface area contributed by atoms with E-state index in [2.05, 4.69) is 20.6 Å². The van der Waals surface area contributed by atoms with Gasteiger partial charge in [-0.25, -0.2) is 9.78 Å². The number of alkyl halides is 3. The van der Waals surface area contributed by atoms with Crippen LogP contribution in [0.15, 0.2) is 36.4 Å². The van der Waals surface area contributed by atoms with Gasteiger partial charge in [0.15, 0.2) is 0 Å². The normalized spacial score (nSPS) is 15.1. The molecule has 12 heteroatoms. The highest BCUT2D eigenvalue weighted by molar-refractivity contribution is 6.09. The molecule has 2 aliphatic heterocycles. The van der Waals surface area contributed by atoms with Crippen LogP contribution in [0, 0.1) is 0 Å². The van der Waals surface area contributed by atoms with E-state index in [1.165, 1.54) is 57.3 Å². The highest BCUT2D eigenvalue weighted by atomic mass is 19.4. The number of rotatable bonds is 5. The number of halogens is 3. The first-order valence-electron chi connectivity index (χ1n) is 12.7. The molecule has 0 atom stereocenters. The Labute approximate surface area is 223 Å². The first-order chi connectivity index (χ1) is 18.7. The number of likely N-dealkylation sites (tertiary alicyclic amines) is 1. The Kier molecular flexibility index (Phi) is 8.85. The molecule has 9 nitrogen and oxygen atoms in total. The number of nitrogens with zero attached hydrogens (tertiary/aromatic N) is 2. The number of esters is 1. The van der Waals surface area contributed by atoms with Gasteiger partial charge in [-0.05, 0) is 63.0 Å². The quantitative estimate of drug-likeness (QED) is 0.415. The Morgan fingerprint density at radius 1 is 1.03 bits per heavy atom. The Hall–Kier alpha value is -3.93. The van der Waals surface area contributed by atoms with Gasteiger partial charge < -0.3 is 25.3 Å². The summed E-state index contributed by atoms with van der Waals surface area (Å²) >= 11 is 0. The van der Waals surface area contributed by atoms with Gasteiger partial charge in [-0.2, -0.15) is 13.2 Å². The van der Waals surface area contributed by atoms with Crippen molar-refractivity contribution in [2.45, 2.75) is 38.3 Å². The minimum absolute atomic E-state index is 0.00402. The van der Waals surface area contributed by atoms with E-state index in [4.69, 9.17) is 4.74 Å². The van der Waals surface area contributed by atoms with E-state index >= 15 is 0 Å². The molecule has 2 saturated heterocycles. The summed E-state index contributed by atoms with van der Waals surface area (Å²) in [5, 5.41) is 5.63. The van der Waals surface area contributed by atoms with Crippen LogP contribution in [0.4, 0.5) is 18.9 Å². The first-order valence-corrected chi connectivity index (χ1v) is 12.7. The first kappa shape index (κ1) is 28.1. The van der Waals surface area contributed by atoms with Crippen LogP contribution < -0.4 is 10.6 Å². The zero-order valence-electron chi connectivity index (χ0n) is 21.5. The van der Waals surface area contributed by atoms with E-state index in [0.29, 0.717) is 24.4 Å². The maximum absolute atomic E-state index is 13.3. The van der Waals surface area contributed by atoms with Crippen LogP contribution in [0.25, 0.3) is 11.0 Å². The molecule has 0 bridgehead atoms. The highest BCUT2D eigenvalue weighted by Crippen LogP contribution is 2.32. The molecule has 2 aromatic carbocycles. The largest absolute Gasteiger partial charge is 0.465 e. The zero-order valence-corrected chi connectivity index (χ0v) is 21.5. The van der Waals surface area contributed by atoms with Gasteiger partial charge in [0.2, 0.25) is 5.91 Å². The van der Waals surface area contributed by atoms with Gasteiger partial charge >= 0.3 is 12.1 Å². The van der Waals surface area contributed by atoms with Crippen molar-refractivity contribution in [2.24, 2.45) is 0 Å². The Balaban J connectivity index is 0.000000634. The molecule has 0 radical (unpaired) electrons. The summed E-state index contributed by atoms with van der Waals surface area (Å²) in [6.07, 6.45) is -0.0526. The maximum Gasteiger partial charge on any atom is 0.417 e. The van der Waals surface area contributed by atoms with Gasteiger partial charge in [-0.3, -0.25) is 9.59 Å². The van der Waals surface area contributed by atoms with Crippen LogP contribution in [0.3, 0.4) is 0 Å². The minimum Gasteiger partial charge on any atom is -0.465 e. The fourth-order valence-corrected chi connectivity index (χ4v) is 4.56. The van der Waals surface area contributed by atoms with Crippen LogP contribution in [-0.4, -0.2) is 65.9 Å². The number of H-pyrrole nitrogens is 1. The topological polar surface area (TPSA) is 116 Å². The summed E-state index contributed by atoms with van der Waals surface area (Å²) in [5.41, 5.74) is -1.02. The second-order valence-electron chi connectivity index (χ2n) is 9.31. The predicted molar refractivity (Wildman–Crippen MR) is 138 cm³/mol. The number of aromatic nitrogens is 2. The summed E-state index contributed by atoms with van der Waals surface area (Å²) in [7, 11) is 1.17. The summed E-state index contributed by atoms with van der Waals surface area (Å²) in [6.45, 7) is 3.87. The number of anilines is 1. The summed E-state index contributed by atoms with van der Waals surface area (Å²) < 4.78 is 44.7. The van der Waals surface area contributed by atoms with Crippen molar-refractivity contribution in [1.29, 1.82) is 0 Å². The maximum atomic E-state index is 13.3. The number of hydrogen-bond acceptors (Lipinski definition) is 6. The number of imidazole rings is 1. The smallest absolute Gasteiger partial charge is 0.417 e. The third kappa shape index (κ3) is 6.94. The van der Waals surface area contributed by atoms with Gasteiger partial charge in [0.05, 0.1) is 35.7 Å². The molecule has 39 heavy (non-hydrogen) atoms. The lowest BCUT2D eigenvalue weighted by molar-refractivity contribution is -0.138. The average Bonchev–Trinajstić information content (AvgIpc) is 3.70. The molecule has 3 N–H and O–H groups in total. The van der Waals surface area contributed by atoms with Crippen molar-refractivity contribution in [1.82, 2.24) is 20.2 Å². The second-order valence-corrected chi connectivity index (χ2v) is 9.31. The lowest BCUT2D eigenvalue weighted by atomic mass is 10.1. The molecule has 0 spiro atoms. The van der Waals surface area contributed by atoms with Crippen molar-refractivity contribution in [3.8, 4) is 0 Å². The number of amides is 2. The zero-order chi connectivity index (χ0) is 28.0. The SMILES string of the molecule is C1CCNC1.COC(=O)c1cc(NC(=O)c2ccccc2C(F)(F)F)cc2[nH]c(CC(=O)N3CCCC3)nc12. The average molecular weight is 546 g/mol. The lowest BCUT2D eigenvalue weighted by Crippen LogP contribution is -2.29. The minimum atomic E-state index is -4.71. The van der Waals surface area contributed by atoms with E-state index in [1.54, 1.807) is 4.90 Å². The Morgan fingerprint density at radius 3 is 2.33 bits per heavy atom. The number of methoxy groups -OCH3 is 1. The molecule has 2 fully saturated rings. The van der Waals surface area contributed by atoms with E-state index in [0.717, 1.165) is 25.0 Å². The third-order valence-electron chi connectivity index (χ3n) is 6.51.